The molecule has 3 heterocycles. The van der Waals surface area contributed by atoms with E-state index >= 15 is 8.78 Å². The minimum Gasteiger partial charge on any atom is -0.444 e. The van der Waals surface area contributed by atoms with Crippen LogP contribution in [-0.2, 0) is 16.0 Å². The number of carbonyl (C=O) groups is 2. The summed E-state index contributed by atoms with van der Waals surface area (Å²) < 4.78 is 44.3. The van der Waals surface area contributed by atoms with Crippen molar-refractivity contribution >= 4 is 29.5 Å². The summed E-state index contributed by atoms with van der Waals surface area (Å²) in [4.78, 5) is 34.0. The molecule has 51 heavy (non-hydrogen) atoms. The molecule has 2 amide bonds. The van der Waals surface area contributed by atoms with E-state index in [9.17, 15) is 14.7 Å². The van der Waals surface area contributed by atoms with Crippen LogP contribution >= 0.6 is 0 Å². The molecule has 0 spiro atoms. The molecule has 2 aromatic carbocycles. The molecular weight excluding hydrogens is 658 g/mol. The third-order valence-electron chi connectivity index (χ3n) is 8.87. The number of nitrogens with zero attached hydrogens (tertiary/aromatic N) is 5. The van der Waals surface area contributed by atoms with Crippen molar-refractivity contribution in [1.82, 2.24) is 19.5 Å². The van der Waals surface area contributed by atoms with E-state index in [0.29, 0.717) is 42.1 Å². The number of β-amino-alcohol motifs (C(OH)–C–C–N with tert-alkyl or cyclic N) is 1. The van der Waals surface area contributed by atoms with Gasteiger partial charge in [-0.15, -0.1) is 0 Å². The van der Waals surface area contributed by atoms with Crippen LogP contribution in [0.15, 0.2) is 54.7 Å². The quantitative estimate of drug-likeness (QED) is 0.193. The number of aliphatic hydroxyl groups excluding tert-OH is 1. The molecule has 1 saturated heterocycles. The van der Waals surface area contributed by atoms with E-state index in [1.807, 2.05) is 6.07 Å². The number of fused-ring (bicyclic) bond motifs is 1. The number of hydrogen-bond donors (Lipinski definition) is 2. The maximum atomic E-state index is 15.8. The third-order valence-corrected chi connectivity index (χ3v) is 8.87. The van der Waals surface area contributed by atoms with E-state index in [4.69, 9.17) is 14.5 Å². The third kappa shape index (κ3) is 8.58. The van der Waals surface area contributed by atoms with Gasteiger partial charge in [0.25, 0.3) is 0 Å². The lowest BCUT2D eigenvalue weighted by Gasteiger charge is -2.36. The maximum Gasteiger partial charge on any atom is 0.416 e. The molecule has 1 saturated carbocycles. The normalized spacial score (nSPS) is 18.1. The fourth-order valence-corrected chi connectivity index (χ4v) is 6.14. The maximum absolute atomic E-state index is 15.8. The fourth-order valence-electron chi connectivity index (χ4n) is 6.14. The van der Waals surface area contributed by atoms with Gasteiger partial charge in [-0.25, -0.2) is 23.4 Å². The predicted octanol–water partition coefficient (Wildman–Crippen LogP) is 7.52. The van der Waals surface area contributed by atoms with E-state index in [0.717, 1.165) is 18.4 Å². The summed E-state index contributed by atoms with van der Waals surface area (Å²) >= 11 is 0. The van der Waals surface area contributed by atoms with Crippen molar-refractivity contribution in [3.63, 3.8) is 0 Å². The molecule has 2 atom stereocenters. The van der Waals surface area contributed by atoms with Crippen LogP contribution in [0.3, 0.4) is 0 Å². The van der Waals surface area contributed by atoms with Gasteiger partial charge in [-0.1, -0.05) is 30.3 Å². The molecule has 2 fully saturated rings. The summed E-state index contributed by atoms with van der Waals surface area (Å²) in [6, 6.07) is 13.0. The first-order chi connectivity index (χ1) is 24.1. The van der Waals surface area contributed by atoms with Gasteiger partial charge in [-0.2, -0.15) is 9.61 Å². The van der Waals surface area contributed by atoms with Gasteiger partial charge >= 0.3 is 12.2 Å². The second-order valence-electron chi connectivity index (χ2n) is 15.4. The molecule has 1 aliphatic heterocycles. The standard InChI is InChI=1S/C38H46F2N6O5/c1-37(2,3)50-35(48)44-15-14-25(31(47)22-44)19-41-32-18-33(46-34(43-32)27(20-42-46)24-12-13-24)45(36(49)51-38(4,5)6)21-28-29(39)16-26(17-30(28)40)23-10-8-7-9-11-23/h7-11,16-18,20,24-25,31,47H,12-15,19,21-22H2,1-6H3,(H,41,43)/t25-,31+/m1/s1. The molecule has 11 nitrogen and oxygen atoms in total. The molecule has 2 aromatic heterocycles. The Bertz CT molecular complexity index is 1880. The molecule has 13 heteroatoms. The zero-order chi connectivity index (χ0) is 36.7. The van der Waals surface area contributed by atoms with E-state index in [-0.39, 0.29) is 29.8 Å². The fraction of sp³-hybridized carbons (Fsp3) is 0.474. The Balaban J connectivity index is 1.32. The van der Waals surface area contributed by atoms with Crippen LogP contribution in [0.1, 0.15) is 77.8 Å². The van der Waals surface area contributed by atoms with Crippen molar-refractivity contribution < 1.29 is 33.0 Å². The van der Waals surface area contributed by atoms with Gasteiger partial charge in [0.2, 0.25) is 0 Å². The van der Waals surface area contributed by atoms with E-state index in [1.165, 1.54) is 26.4 Å². The number of likely N-dealkylation sites (tertiary alicyclic amines) is 1. The molecule has 272 valence electrons. The number of rotatable bonds is 8. The first kappa shape index (κ1) is 36.0. The second kappa shape index (κ2) is 14.1. The van der Waals surface area contributed by atoms with Crippen LogP contribution in [0.5, 0.6) is 0 Å². The number of hydrogen-bond acceptors (Lipinski definition) is 8. The SMILES string of the molecule is CC(C)(C)OC(=O)N1CC[C@H](CNc2cc(N(Cc3c(F)cc(-c4ccccc4)cc3F)C(=O)OC(C)(C)C)n3ncc(C4CC4)c3n2)[C@@H](O)C1. The average molecular weight is 705 g/mol. The Morgan fingerprint density at radius 1 is 0.961 bits per heavy atom. The van der Waals surface area contributed by atoms with E-state index in [1.54, 1.807) is 78.1 Å². The number of ether oxygens (including phenoxy) is 2. The van der Waals surface area contributed by atoms with Crippen LogP contribution in [0.4, 0.5) is 30.0 Å². The van der Waals surface area contributed by atoms with Crippen molar-refractivity contribution in [3.8, 4) is 11.1 Å². The Labute approximate surface area is 296 Å². The van der Waals surface area contributed by atoms with Gasteiger partial charge in [-0.3, -0.25) is 4.90 Å². The largest absolute Gasteiger partial charge is 0.444 e. The highest BCUT2D eigenvalue weighted by Crippen LogP contribution is 2.42. The zero-order valence-corrected chi connectivity index (χ0v) is 30.0. The van der Waals surface area contributed by atoms with Crippen LogP contribution in [0.2, 0.25) is 0 Å². The monoisotopic (exact) mass is 704 g/mol. The average Bonchev–Trinajstić information content (AvgIpc) is 3.80. The topological polar surface area (TPSA) is 122 Å². The molecule has 0 unspecified atom stereocenters. The number of amides is 2. The van der Waals surface area contributed by atoms with Crippen molar-refractivity contribution in [2.24, 2.45) is 5.92 Å². The molecule has 2 N–H and O–H groups in total. The lowest BCUT2D eigenvalue weighted by Crippen LogP contribution is -2.49. The van der Waals surface area contributed by atoms with Gasteiger partial charge in [0.15, 0.2) is 5.65 Å². The van der Waals surface area contributed by atoms with Crippen LogP contribution in [0, 0.1) is 17.6 Å². The second-order valence-corrected chi connectivity index (χ2v) is 15.4. The highest BCUT2D eigenvalue weighted by molar-refractivity contribution is 5.88. The Hall–Kier alpha value is -4.78. The number of carbonyl (C=O) groups excluding carboxylic acids is 2. The molecular formula is C38H46F2N6O5. The summed E-state index contributed by atoms with van der Waals surface area (Å²) in [6.07, 6.45) is 2.07. The minimum absolute atomic E-state index is 0.125. The Kier molecular flexibility index (Phi) is 9.95. The minimum atomic E-state index is -0.912. The lowest BCUT2D eigenvalue weighted by atomic mass is 9.94. The summed E-state index contributed by atoms with van der Waals surface area (Å²) in [5.74, 6) is -0.988. The van der Waals surface area contributed by atoms with Gasteiger partial charge < -0.3 is 24.8 Å². The zero-order valence-electron chi connectivity index (χ0n) is 30.0. The number of benzene rings is 2. The molecule has 0 bridgehead atoms. The van der Waals surface area contributed by atoms with Crippen LogP contribution < -0.4 is 10.2 Å². The number of piperidine rings is 1. The highest BCUT2D eigenvalue weighted by Gasteiger charge is 2.34. The van der Waals surface area contributed by atoms with Gasteiger partial charge in [0.1, 0.15) is 34.5 Å². The number of halogens is 2. The molecule has 4 aromatic rings. The Morgan fingerprint density at radius 2 is 1.63 bits per heavy atom. The predicted molar refractivity (Wildman–Crippen MR) is 190 cm³/mol. The van der Waals surface area contributed by atoms with Gasteiger partial charge in [0.05, 0.1) is 25.4 Å². The number of aromatic nitrogens is 3. The van der Waals surface area contributed by atoms with Crippen LogP contribution in [0.25, 0.3) is 16.8 Å². The first-order valence-electron chi connectivity index (χ1n) is 17.4. The van der Waals surface area contributed by atoms with E-state index in [2.05, 4.69) is 10.4 Å². The summed E-state index contributed by atoms with van der Waals surface area (Å²) in [6.45, 7) is 10.9. The van der Waals surface area contributed by atoms with E-state index < -0.39 is 47.7 Å². The Morgan fingerprint density at radius 3 is 2.24 bits per heavy atom. The molecule has 2 aliphatic rings. The van der Waals surface area contributed by atoms with Crippen molar-refractivity contribution in [2.45, 2.75) is 90.6 Å². The van der Waals surface area contributed by atoms with Crippen LogP contribution in [-0.4, -0.2) is 73.7 Å². The summed E-state index contributed by atoms with van der Waals surface area (Å²) in [7, 11) is 0. The highest BCUT2D eigenvalue weighted by atomic mass is 19.1. The van der Waals surface area contributed by atoms with Crippen molar-refractivity contribution in [1.29, 1.82) is 0 Å². The molecule has 1 aliphatic carbocycles. The summed E-state index contributed by atoms with van der Waals surface area (Å²) in [5, 5.41) is 18.9. The number of anilines is 2. The lowest BCUT2D eigenvalue weighted by molar-refractivity contribution is -0.0104. The number of aliphatic hydroxyl groups is 1. The summed E-state index contributed by atoms with van der Waals surface area (Å²) in [5.41, 5.74) is 0.565. The van der Waals surface area contributed by atoms with Crippen molar-refractivity contribution in [2.75, 3.05) is 29.9 Å². The molecule has 0 radical (unpaired) electrons. The first-order valence-corrected chi connectivity index (χ1v) is 17.4. The molecule has 6 rings (SSSR count). The van der Waals surface area contributed by atoms with Crippen molar-refractivity contribution in [3.05, 3.63) is 77.5 Å². The van der Waals surface area contributed by atoms with Gasteiger partial charge in [-0.05, 0) is 90.0 Å². The van der Waals surface area contributed by atoms with Gasteiger partial charge in [0, 0.05) is 36.2 Å². The smallest absolute Gasteiger partial charge is 0.416 e. The number of nitrogens with one attached hydrogen (secondary N) is 1.